The van der Waals surface area contributed by atoms with E-state index in [1.54, 1.807) is 26.2 Å². The number of nitrogens with one attached hydrogen (secondary N) is 1. The van der Waals surface area contributed by atoms with Gasteiger partial charge in [-0.2, -0.15) is 0 Å². The molecule has 1 atom stereocenters. The molecule has 186 valence electrons. The number of hydrogen-bond acceptors (Lipinski definition) is 6. The molecule has 1 saturated carbocycles. The van der Waals surface area contributed by atoms with Crippen LogP contribution in [-0.2, 0) is 18.4 Å². The molecule has 1 aromatic carbocycles. The lowest BCUT2D eigenvalue weighted by molar-refractivity contribution is 0.0738. The molecule has 2 aliphatic carbocycles. The zero-order valence-electron chi connectivity index (χ0n) is 21.2. The van der Waals surface area contributed by atoms with Crippen molar-refractivity contribution in [2.45, 2.75) is 57.2 Å². The summed E-state index contributed by atoms with van der Waals surface area (Å²) in [7, 11) is 4.27. The van der Waals surface area contributed by atoms with Crippen LogP contribution < -0.4 is 10.9 Å². The average Bonchev–Trinajstić information content (AvgIpc) is 3.51. The Morgan fingerprint density at radius 2 is 1.83 bits per heavy atom. The summed E-state index contributed by atoms with van der Waals surface area (Å²) in [5.74, 6) is 0.683. The van der Waals surface area contributed by atoms with E-state index in [0.717, 1.165) is 42.6 Å². The quantitative estimate of drug-likeness (QED) is 0.431. The van der Waals surface area contributed by atoms with Crippen LogP contribution in [0.2, 0.25) is 0 Å². The molecule has 1 fully saturated rings. The highest BCUT2D eigenvalue weighted by Crippen LogP contribution is 2.36. The predicted molar refractivity (Wildman–Crippen MR) is 141 cm³/mol. The Bertz CT molecular complexity index is 1520. The van der Waals surface area contributed by atoms with E-state index in [1.165, 1.54) is 11.1 Å². The zero-order chi connectivity index (χ0) is 25.2. The summed E-state index contributed by atoms with van der Waals surface area (Å²) in [4.78, 5) is 24.6. The van der Waals surface area contributed by atoms with Crippen molar-refractivity contribution in [2.24, 2.45) is 0 Å². The highest BCUT2D eigenvalue weighted by atomic mass is 16.3. The van der Waals surface area contributed by atoms with Crippen molar-refractivity contribution in [3.63, 3.8) is 0 Å². The monoisotopic (exact) mass is 484 g/mol. The van der Waals surface area contributed by atoms with Crippen LogP contribution in [0, 0.1) is 0 Å². The second-order valence-corrected chi connectivity index (χ2v) is 10.9. The van der Waals surface area contributed by atoms with Crippen LogP contribution in [0.5, 0.6) is 0 Å². The van der Waals surface area contributed by atoms with Gasteiger partial charge in [-0.1, -0.05) is 6.07 Å². The van der Waals surface area contributed by atoms with E-state index < -0.39 is 5.60 Å². The molecule has 2 N–H and O–H groups in total. The van der Waals surface area contributed by atoms with Crippen molar-refractivity contribution >= 4 is 22.4 Å². The van der Waals surface area contributed by atoms with Crippen LogP contribution in [0.3, 0.4) is 0 Å². The van der Waals surface area contributed by atoms with Gasteiger partial charge in [-0.3, -0.25) is 9.78 Å². The molecule has 0 radical (unpaired) electrons. The number of rotatable bonds is 6. The molecule has 3 aromatic heterocycles. The molecule has 6 rings (SSSR count). The summed E-state index contributed by atoms with van der Waals surface area (Å²) in [6.45, 7) is 3.42. The van der Waals surface area contributed by atoms with E-state index in [0.29, 0.717) is 22.9 Å². The van der Waals surface area contributed by atoms with Crippen LogP contribution >= 0.6 is 0 Å². The summed E-state index contributed by atoms with van der Waals surface area (Å²) in [5.41, 5.74) is 4.77. The average molecular weight is 485 g/mol. The number of fused-ring (bicyclic) bond motifs is 2. The van der Waals surface area contributed by atoms with E-state index in [4.69, 9.17) is 0 Å². The molecule has 2 aliphatic rings. The third-order valence-electron chi connectivity index (χ3n) is 7.39. The maximum absolute atomic E-state index is 13.4. The molecule has 0 amide bonds. The Morgan fingerprint density at radius 1 is 1.06 bits per heavy atom. The summed E-state index contributed by atoms with van der Waals surface area (Å²) in [6, 6.07) is 12.9. The number of aromatic nitrogens is 4. The van der Waals surface area contributed by atoms with Crippen LogP contribution in [0.15, 0.2) is 53.6 Å². The molecule has 0 bridgehead atoms. The molecule has 3 heterocycles. The van der Waals surface area contributed by atoms with Gasteiger partial charge in [0.15, 0.2) is 0 Å². The number of pyridine rings is 2. The Kier molecular flexibility index (Phi) is 5.28. The second kappa shape index (κ2) is 8.28. The molecule has 8 nitrogen and oxygen atoms in total. The fourth-order valence-electron chi connectivity index (χ4n) is 5.17. The minimum Gasteiger partial charge on any atom is -0.384 e. The number of hydrogen-bond donors (Lipinski definition) is 2. The van der Waals surface area contributed by atoms with Gasteiger partial charge < -0.3 is 15.3 Å². The van der Waals surface area contributed by atoms with Gasteiger partial charge in [0.05, 0.1) is 28.3 Å². The lowest BCUT2D eigenvalue weighted by Gasteiger charge is -2.19. The first-order chi connectivity index (χ1) is 17.2. The Labute approximate surface area is 210 Å². The summed E-state index contributed by atoms with van der Waals surface area (Å²) >= 11 is 0. The zero-order valence-corrected chi connectivity index (χ0v) is 21.2. The van der Waals surface area contributed by atoms with Crippen molar-refractivity contribution in [3.05, 3.63) is 76.0 Å². The van der Waals surface area contributed by atoms with Gasteiger partial charge in [-0.15, -0.1) is 0 Å². The molecule has 0 aliphatic heterocycles. The van der Waals surface area contributed by atoms with Gasteiger partial charge in [0.2, 0.25) is 0 Å². The van der Waals surface area contributed by atoms with Crippen LogP contribution in [0.1, 0.15) is 49.6 Å². The number of benzene rings is 1. The largest absolute Gasteiger partial charge is 0.384 e. The molecular weight excluding hydrogens is 452 g/mol. The van der Waals surface area contributed by atoms with Crippen molar-refractivity contribution in [2.75, 3.05) is 19.4 Å². The van der Waals surface area contributed by atoms with Crippen LogP contribution in [-0.4, -0.2) is 49.5 Å². The minimum atomic E-state index is -1.09. The first-order valence-corrected chi connectivity index (χ1v) is 12.6. The Hall–Kier alpha value is -3.49. The molecule has 4 aromatic rings. The van der Waals surface area contributed by atoms with Gasteiger partial charge in [-0.05, 0) is 89.0 Å². The topological polar surface area (TPSA) is 88.2 Å². The number of likely N-dealkylation sites (N-methyl/N-ethyl adjacent to an activating group) is 1. The summed E-state index contributed by atoms with van der Waals surface area (Å²) < 4.78 is 3.79. The van der Waals surface area contributed by atoms with E-state index >= 15 is 0 Å². The smallest absolute Gasteiger partial charge is 0.276 e. The first kappa shape index (κ1) is 22.9. The van der Waals surface area contributed by atoms with Gasteiger partial charge in [-0.25, -0.2) is 14.3 Å². The van der Waals surface area contributed by atoms with Gasteiger partial charge in [0.25, 0.3) is 5.56 Å². The van der Waals surface area contributed by atoms with Crippen LogP contribution in [0.4, 0.5) is 11.5 Å². The Morgan fingerprint density at radius 3 is 2.56 bits per heavy atom. The maximum Gasteiger partial charge on any atom is 0.276 e. The van der Waals surface area contributed by atoms with E-state index in [-0.39, 0.29) is 11.6 Å². The SMILES string of the molecule is CN(C)C1Cc2ccc(Nc3cc4c(cn3)c(=O)n(C3CC3)n4-c3ccnc(C(C)(C)O)c3)cc2C1. The highest BCUT2D eigenvalue weighted by molar-refractivity contribution is 5.83. The van der Waals surface area contributed by atoms with E-state index in [2.05, 4.69) is 52.5 Å². The fraction of sp³-hybridized carbons (Fsp3) is 0.393. The Balaban J connectivity index is 1.41. The molecule has 36 heavy (non-hydrogen) atoms. The molecule has 0 spiro atoms. The van der Waals surface area contributed by atoms with E-state index in [1.807, 2.05) is 27.6 Å². The second-order valence-electron chi connectivity index (χ2n) is 10.9. The maximum atomic E-state index is 13.4. The van der Waals surface area contributed by atoms with Crippen molar-refractivity contribution in [3.8, 4) is 5.69 Å². The summed E-state index contributed by atoms with van der Waals surface area (Å²) in [5, 5.41) is 14.6. The lowest BCUT2D eigenvalue weighted by atomic mass is 10.0. The van der Waals surface area contributed by atoms with E-state index in [9.17, 15) is 9.90 Å². The highest BCUT2D eigenvalue weighted by Gasteiger charge is 2.31. The number of nitrogens with zero attached hydrogens (tertiary/aromatic N) is 5. The normalized spacial score (nSPS) is 17.7. The van der Waals surface area contributed by atoms with Crippen molar-refractivity contribution in [1.29, 1.82) is 0 Å². The van der Waals surface area contributed by atoms with Gasteiger partial charge in [0, 0.05) is 30.2 Å². The standard InChI is InChI=1S/C28H32N6O2/c1-28(2,36)25-14-21(9-10-29-25)33-24-15-26(30-16-23(24)27(35)34(33)20-7-8-20)31-19-6-5-17-12-22(32(3)4)13-18(17)11-19/h5-6,9-11,14-16,20,22,36H,7-8,12-13H2,1-4H3,(H,30,31). The fourth-order valence-corrected chi connectivity index (χ4v) is 5.17. The number of aliphatic hydroxyl groups is 1. The molecule has 8 heteroatoms. The van der Waals surface area contributed by atoms with Crippen molar-refractivity contribution in [1.82, 2.24) is 24.2 Å². The third-order valence-corrected chi connectivity index (χ3v) is 7.39. The van der Waals surface area contributed by atoms with Crippen LogP contribution in [0.25, 0.3) is 16.6 Å². The van der Waals surface area contributed by atoms with Gasteiger partial charge >= 0.3 is 0 Å². The molecule has 0 saturated heterocycles. The number of anilines is 2. The first-order valence-electron chi connectivity index (χ1n) is 12.6. The third kappa shape index (κ3) is 4.00. The lowest BCUT2D eigenvalue weighted by Crippen LogP contribution is -2.27. The molecular formula is C28H32N6O2. The van der Waals surface area contributed by atoms with Crippen molar-refractivity contribution < 1.29 is 5.11 Å². The minimum absolute atomic E-state index is 0.0413. The predicted octanol–water partition coefficient (Wildman–Crippen LogP) is 3.92. The van der Waals surface area contributed by atoms with Gasteiger partial charge in [0.1, 0.15) is 11.4 Å². The summed E-state index contributed by atoms with van der Waals surface area (Å²) in [6.07, 6.45) is 7.42. The molecule has 1 unspecified atom stereocenters.